The predicted molar refractivity (Wildman–Crippen MR) is 62.4 cm³/mol. The van der Waals surface area contributed by atoms with Crippen molar-refractivity contribution in [2.75, 3.05) is 6.54 Å². The molecule has 1 aromatic rings. The van der Waals surface area contributed by atoms with Gasteiger partial charge in [-0.1, -0.05) is 24.3 Å². The monoisotopic (exact) mass is 200 g/mol. The van der Waals surface area contributed by atoms with Gasteiger partial charge in [0.1, 0.15) is 0 Å². The lowest BCUT2D eigenvalue weighted by Gasteiger charge is -2.14. The molecule has 0 saturated heterocycles. The molecule has 2 heteroatoms. The number of rotatable bonds is 4. The van der Waals surface area contributed by atoms with Gasteiger partial charge in [-0.15, -0.1) is 0 Å². The van der Waals surface area contributed by atoms with E-state index in [0.717, 1.165) is 12.1 Å². The summed E-state index contributed by atoms with van der Waals surface area (Å²) >= 11 is 0. The van der Waals surface area contributed by atoms with Crippen molar-refractivity contribution in [3.05, 3.63) is 47.5 Å². The maximum Gasteiger partial charge on any atom is 0.0991 e. The number of nitrogens with one attached hydrogen (secondary N) is 1. The van der Waals surface area contributed by atoms with Crippen molar-refractivity contribution in [2.24, 2.45) is 0 Å². The zero-order valence-electron chi connectivity index (χ0n) is 9.25. The molecule has 0 heterocycles. The lowest BCUT2D eigenvalue weighted by molar-refractivity contribution is 0.607. The smallest absolute Gasteiger partial charge is 0.0991 e. The fraction of sp³-hybridized carbons (Fsp3) is 0.308. The Balaban J connectivity index is 2.62. The molecule has 0 radical (unpaired) electrons. The van der Waals surface area contributed by atoms with Crippen LogP contribution in [0.15, 0.2) is 36.4 Å². The van der Waals surface area contributed by atoms with E-state index in [9.17, 15) is 0 Å². The Morgan fingerprint density at radius 1 is 1.47 bits per heavy atom. The van der Waals surface area contributed by atoms with Crippen molar-refractivity contribution in [1.29, 1.82) is 5.26 Å². The molecule has 0 bridgehead atoms. The van der Waals surface area contributed by atoms with Crippen LogP contribution in [0.1, 0.15) is 31.0 Å². The van der Waals surface area contributed by atoms with E-state index in [1.165, 1.54) is 5.56 Å². The van der Waals surface area contributed by atoms with Crippen molar-refractivity contribution < 1.29 is 0 Å². The second-order valence-electron chi connectivity index (χ2n) is 3.79. The van der Waals surface area contributed by atoms with Crippen LogP contribution in [-0.2, 0) is 0 Å². The van der Waals surface area contributed by atoms with Crippen molar-refractivity contribution >= 4 is 0 Å². The van der Waals surface area contributed by atoms with Crippen LogP contribution in [0.25, 0.3) is 0 Å². The summed E-state index contributed by atoms with van der Waals surface area (Å²) in [5.41, 5.74) is 3.01. The highest BCUT2D eigenvalue weighted by Gasteiger charge is 2.03. The molecule has 0 aliphatic rings. The lowest BCUT2D eigenvalue weighted by Crippen LogP contribution is -2.20. The zero-order chi connectivity index (χ0) is 11.3. The summed E-state index contributed by atoms with van der Waals surface area (Å²) in [6.07, 6.45) is 0. The van der Waals surface area contributed by atoms with E-state index < -0.39 is 0 Å². The molecular weight excluding hydrogens is 184 g/mol. The van der Waals surface area contributed by atoms with Gasteiger partial charge in [0.15, 0.2) is 0 Å². The standard InChI is InChI=1S/C13H16N2/c1-10(2)9-15-11(3)13-6-4-12(8-14)5-7-13/h4-7,11,15H,1,9H2,2-3H3. The van der Waals surface area contributed by atoms with Gasteiger partial charge in [-0.2, -0.15) is 5.26 Å². The van der Waals surface area contributed by atoms with Crippen LogP contribution in [0, 0.1) is 11.3 Å². The highest BCUT2D eigenvalue weighted by molar-refractivity contribution is 5.32. The third-order valence-electron chi connectivity index (χ3n) is 2.25. The summed E-state index contributed by atoms with van der Waals surface area (Å²) in [5.74, 6) is 0. The van der Waals surface area contributed by atoms with Crippen LogP contribution in [0.3, 0.4) is 0 Å². The molecule has 2 nitrogen and oxygen atoms in total. The first-order valence-corrected chi connectivity index (χ1v) is 5.01. The average Bonchev–Trinajstić information content (AvgIpc) is 2.26. The molecular formula is C13H16N2. The van der Waals surface area contributed by atoms with Crippen LogP contribution >= 0.6 is 0 Å². The number of hydrogen-bond acceptors (Lipinski definition) is 2. The Hall–Kier alpha value is -1.59. The summed E-state index contributed by atoms with van der Waals surface area (Å²) < 4.78 is 0. The van der Waals surface area contributed by atoms with Crippen molar-refractivity contribution in [2.45, 2.75) is 19.9 Å². The van der Waals surface area contributed by atoms with Gasteiger partial charge in [0.2, 0.25) is 0 Å². The van der Waals surface area contributed by atoms with Gasteiger partial charge in [-0.3, -0.25) is 0 Å². The molecule has 1 unspecified atom stereocenters. The number of nitrogens with zero attached hydrogens (tertiary/aromatic N) is 1. The Bertz CT molecular complexity index is 371. The Morgan fingerprint density at radius 2 is 2.07 bits per heavy atom. The fourth-order valence-electron chi connectivity index (χ4n) is 1.29. The van der Waals surface area contributed by atoms with Crippen molar-refractivity contribution in [1.82, 2.24) is 5.32 Å². The van der Waals surface area contributed by atoms with Crippen molar-refractivity contribution in [3.63, 3.8) is 0 Å². The molecule has 0 saturated carbocycles. The Morgan fingerprint density at radius 3 is 2.53 bits per heavy atom. The molecule has 0 fully saturated rings. The summed E-state index contributed by atoms with van der Waals surface area (Å²) in [6.45, 7) is 8.76. The van der Waals surface area contributed by atoms with Gasteiger partial charge in [-0.05, 0) is 31.5 Å². The maximum atomic E-state index is 8.67. The van der Waals surface area contributed by atoms with Crippen molar-refractivity contribution in [3.8, 4) is 6.07 Å². The topological polar surface area (TPSA) is 35.8 Å². The minimum Gasteiger partial charge on any atom is -0.306 e. The second-order valence-corrected chi connectivity index (χ2v) is 3.79. The van der Waals surface area contributed by atoms with Gasteiger partial charge in [0.25, 0.3) is 0 Å². The van der Waals surface area contributed by atoms with Gasteiger partial charge < -0.3 is 5.32 Å². The van der Waals surface area contributed by atoms with E-state index in [2.05, 4.69) is 24.9 Å². The highest BCUT2D eigenvalue weighted by atomic mass is 14.9. The Labute approximate surface area is 91.2 Å². The van der Waals surface area contributed by atoms with Gasteiger partial charge >= 0.3 is 0 Å². The van der Waals surface area contributed by atoms with Crippen LogP contribution in [0.2, 0.25) is 0 Å². The molecule has 15 heavy (non-hydrogen) atoms. The van der Waals surface area contributed by atoms with Crippen LogP contribution in [0.4, 0.5) is 0 Å². The van der Waals surface area contributed by atoms with Gasteiger partial charge in [0.05, 0.1) is 11.6 Å². The first kappa shape index (κ1) is 11.5. The summed E-state index contributed by atoms with van der Waals surface area (Å²) in [5, 5.41) is 12.0. The fourth-order valence-corrected chi connectivity index (χ4v) is 1.29. The Kier molecular flexibility index (Phi) is 4.08. The quantitative estimate of drug-likeness (QED) is 0.758. The van der Waals surface area contributed by atoms with Crippen LogP contribution in [0.5, 0.6) is 0 Å². The number of hydrogen-bond donors (Lipinski definition) is 1. The van der Waals surface area contributed by atoms with Gasteiger partial charge in [0, 0.05) is 12.6 Å². The molecule has 1 N–H and O–H groups in total. The number of nitriles is 1. The molecule has 0 spiro atoms. The van der Waals surface area contributed by atoms with E-state index >= 15 is 0 Å². The van der Waals surface area contributed by atoms with Crippen LogP contribution in [-0.4, -0.2) is 6.54 Å². The average molecular weight is 200 g/mol. The molecule has 1 atom stereocenters. The summed E-state index contributed by atoms with van der Waals surface area (Å²) in [7, 11) is 0. The normalized spacial score (nSPS) is 11.8. The molecule has 0 aliphatic heterocycles. The molecule has 1 aromatic carbocycles. The first-order chi connectivity index (χ1) is 7.13. The molecule has 0 aromatic heterocycles. The molecule has 1 rings (SSSR count). The first-order valence-electron chi connectivity index (χ1n) is 5.01. The zero-order valence-corrected chi connectivity index (χ0v) is 9.25. The van der Waals surface area contributed by atoms with Crippen LogP contribution < -0.4 is 5.32 Å². The minimum atomic E-state index is 0.287. The third-order valence-corrected chi connectivity index (χ3v) is 2.25. The SMILES string of the molecule is C=C(C)CNC(C)c1ccc(C#N)cc1. The third kappa shape index (κ3) is 3.57. The predicted octanol–water partition coefficient (Wildman–Crippen LogP) is 2.78. The van der Waals surface area contributed by atoms with Gasteiger partial charge in [-0.25, -0.2) is 0 Å². The van der Waals surface area contributed by atoms with E-state index in [1.807, 2.05) is 31.2 Å². The highest BCUT2D eigenvalue weighted by Crippen LogP contribution is 2.12. The molecule has 0 aliphatic carbocycles. The second kappa shape index (κ2) is 5.33. The molecule has 78 valence electrons. The van der Waals surface area contributed by atoms with E-state index in [1.54, 1.807) is 0 Å². The molecule has 0 amide bonds. The lowest BCUT2D eigenvalue weighted by atomic mass is 10.1. The maximum absolute atomic E-state index is 8.67. The van der Waals surface area contributed by atoms with E-state index in [4.69, 9.17) is 5.26 Å². The van der Waals surface area contributed by atoms with E-state index in [0.29, 0.717) is 5.56 Å². The number of benzene rings is 1. The summed E-state index contributed by atoms with van der Waals surface area (Å²) in [4.78, 5) is 0. The summed E-state index contributed by atoms with van der Waals surface area (Å²) in [6, 6.07) is 10.0. The largest absolute Gasteiger partial charge is 0.306 e. The van der Waals surface area contributed by atoms with E-state index in [-0.39, 0.29) is 6.04 Å². The minimum absolute atomic E-state index is 0.287.